The predicted molar refractivity (Wildman–Crippen MR) is 201 cm³/mol. The largest absolute Gasteiger partial charge is 0.236 e. The van der Waals surface area contributed by atoms with Gasteiger partial charge in [0.25, 0.3) is 0 Å². The van der Waals surface area contributed by atoms with E-state index in [2.05, 4.69) is 109 Å². The fourth-order valence-electron chi connectivity index (χ4n) is 6.45. The van der Waals surface area contributed by atoms with Gasteiger partial charge in [0, 0.05) is 62.6 Å². The maximum absolute atomic E-state index is 5.24. The fourth-order valence-corrected chi connectivity index (χ4v) is 9.96. The molecule has 0 radical (unpaired) electrons. The molecule has 0 aliphatic heterocycles. The molecule has 0 amide bonds. The molecule has 4 heterocycles. The lowest BCUT2D eigenvalue weighted by molar-refractivity contribution is 1.08. The summed E-state index contributed by atoms with van der Waals surface area (Å²) in [5.41, 5.74) is 5.17. The summed E-state index contributed by atoms with van der Waals surface area (Å²) in [6.07, 6.45) is 0. The summed E-state index contributed by atoms with van der Waals surface area (Å²) in [6.45, 7) is 0. The molecule has 0 aliphatic carbocycles. The summed E-state index contributed by atoms with van der Waals surface area (Å²) in [5, 5.41) is 5.86. The Labute approximate surface area is 281 Å². The standard InChI is InChI=1S/C40H22N4S3/c1-2-11-23(12-3-1)37-42-38(44-39(43-37)28-17-8-14-25-24-13-4-6-20-31(24)45-35(25)28)27-16-10-22-33-34(27)26-15-9-18-29(36(26)46-33)40-41-30-19-5-7-21-32(30)47-40/h1-22H. The average molecular weight is 655 g/mol. The van der Waals surface area contributed by atoms with Gasteiger partial charge in [-0.25, -0.2) is 19.9 Å². The Morgan fingerprint density at radius 1 is 0.362 bits per heavy atom. The van der Waals surface area contributed by atoms with E-state index in [1.165, 1.54) is 39.7 Å². The number of hydrogen-bond donors (Lipinski definition) is 0. The van der Waals surface area contributed by atoms with Crippen molar-refractivity contribution in [3.63, 3.8) is 0 Å². The zero-order valence-electron chi connectivity index (χ0n) is 24.7. The molecule has 47 heavy (non-hydrogen) atoms. The molecule has 10 aromatic rings. The van der Waals surface area contributed by atoms with Crippen LogP contribution in [0.2, 0.25) is 0 Å². The van der Waals surface area contributed by atoms with Crippen molar-refractivity contribution in [1.82, 2.24) is 19.9 Å². The summed E-state index contributed by atoms with van der Waals surface area (Å²) < 4.78 is 6.05. The number of thiazole rings is 1. The minimum Gasteiger partial charge on any atom is -0.236 e. The number of fused-ring (bicyclic) bond motifs is 7. The highest BCUT2D eigenvalue weighted by molar-refractivity contribution is 7.27. The summed E-state index contributed by atoms with van der Waals surface area (Å²) in [4.78, 5) is 20.5. The number of nitrogens with zero attached hydrogens (tertiary/aromatic N) is 4. The number of aromatic nitrogens is 4. The molecule has 0 spiro atoms. The van der Waals surface area contributed by atoms with Gasteiger partial charge in [0.2, 0.25) is 0 Å². The van der Waals surface area contributed by atoms with Gasteiger partial charge in [0.05, 0.1) is 10.2 Å². The van der Waals surface area contributed by atoms with Gasteiger partial charge in [-0.05, 0) is 30.3 Å². The Bertz CT molecular complexity index is 2780. The predicted octanol–water partition coefficient (Wildman–Crippen LogP) is 11.9. The lowest BCUT2D eigenvalue weighted by Gasteiger charge is -2.10. The SMILES string of the molecule is c1ccc(-c2nc(-c3cccc4c3sc3ccccc34)nc(-c3cccc4sc5c(-c6nc7ccccc7s6)cccc5c34)n2)cc1. The van der Waals surface area contributed by atoms with Crippen molar-refractivity contribution in [3.8, 4) is 44.7 Å². The molecule has 0 saturated heterocycles. The fraction of sp³-hybridized carbons (Fsp3) is 0. The molecule has 0 N–H and O–H groups in total. The number of para-hydroxylation sites is 1. The molecule has 220 valence electrons. The van der Waals surface area contributed by atoms with E-state index >= 15 is 0 Å². The van der Waals surface area contributed by atoms with E-state index in [-0.39, 0.29) is 0 Å². The number of rotatable bonds is 4. The zero-order valence-corrected chi connectivity index (χ0v) is 27.2. The van der Waals surface area contributed by atoms with E-state index < -0.39 is 0 Å². The monoisotopic (exact) mass is 654 g/mol. The first kappa shape index (κ1) is 26.8. The van der Waals surface area contributed by atoms with Gasteiger partial charge in [-0.15, -0.1) is 34.0 Å². The Morgan fingerprint density at radius 3 is 1.83 bits per heavy atom. The third-order valence-electron chi connectivity index (χ3n) is 8.60. The maximum Gasteiger partial charge on any atom is 0.165 e. The van der Waals surface area contributed by atoms with Crippen molar-refractivity contribution in [2.75, 3.05) is 0 Å². The van der Waals surface area contributed by atoms with E-state index in [0.717, 1.165) is 38.2 Å². The molecule has 4 aromatic heterocycles. The summed E-state index contributed by atoms with van der Waals surface area (Å²) in [6, 6.07) is 46.6. The molecule has 0 fully saturated rings. The topological polar surface area (TPSA) is 51.6 Å². The minimum absolute atomic E-state index is 0.662. The number of benzene rings is 6. The first-order chi connectivity index (χ1) is 23.3. The van der Waals surface area contributed by atoms with Gasteiger partial charge in [-0.3, -0.25) is 0 Å². The second-order valence-electron chi connectivity index (χ2n) is 11.4. The van der Waals surface area contributed by atoms with Crippen molar-refractivity contribution in [3.05, 3.63) is 133 Å². The Kier molecular flexibility index (Phi) is 6.05. The molecule has 0 aliphatic rings. The lowest BCUT2D eigenvalue weighted by Crippen LogP contribution is -2.00. The zero-order chi connectivity index (χ0) is 30.9. The van der Waals surface area contributed by atoms with Gasteiger partial charge in [-0.1, -0.05) is 103 Å². The first-order valence-corrected chi connectivity index (χ1v) is 17.8. The van der Waals surface area contributed by atoms with Crippen LogP contribution in [-0.2, 0) is 0 Å². The molecule has 0 unspecified atom stereocenters. The van der Waals surface area contributed by atoms with Crippen molar-refractivity contribution < 1.29 is 0 Å². The van der Waals surface area contributed by atoms with Crippen LogP contribution >= 0.6 is 34.0 Å². The van der Waals surface area contributed by atoms with Gasteiger partial charge < -0.3 is 0 Å². The van der Waals surface area contributed by atoms with Crippen LogP contribution < -0.4 is 0 Å². The van der Waals surface area contributed by atoms with E-state index in [1.807, 2.05) is 24.3 Å². The van der Waals surface area contributed by atoms with Gasteiger partial charge in [0.1, 0.15) is 5.01 Å². The molecule has 4 nitrogen and oxygen atoms in total. The van der Waals surface area contributed by atoms with Crippen LogP contribution in [0.25, 0.3) is 95.3 Å². The van der Waals surface area contributed by atoms with E-state index in [0.29, 0.717) is 17.5 Å². The van der Waals surface area contributed by atoms with Crippen molar-refractivity contribution in [2.45, 2.75) is 0 Å². The van der Waals surface area contributed by atoms with Gasteiger partial charge >= 0.3 is 0 Å². The summed E-state index contributed by atoms with van der Waals surface area (Å²) in [5.74, 6) is 2.01. The second-order valence-corrected chi connectivity index (χ2v) is 14.5. The van der Waals surface area contributed by atoms with Crippen LogP contribution in [0.1, 0.15) is 0 Å². The second kappa shape index (κ2) is 10.6. The van der Waals surface area contributed by atoms with Crippen LogP contribution in [0.3, 0.4) is 0 Å². The highest BCUT2D eigenvalue weighted by atomic mass is 32.1. The van der Waals surface area contributed by atoms with Crippen molar-refractivity contribution >= 4 is 84.6 Å². The number of hydrogen-bond acceptors (Lipinski definition) is 7. The maximum atomic E-state index is 5.24. The van der Waals surface area contributed by atoms with Crippen molar-refractivity contribution in [2.24, 2.45) is 0 Å². The van der Waals surface area contributed by atoms with E-state index in [9.17, 15) is 0 Å². The Hall–Kier alpha value is -5.34. The van der Waals surface area contributed by atoms with E-state index in [4.69, 9.17) is 19.9 Å². The molecule has 10 rings (SSSR count). The quantitative estimate of drug-likeness (QED) is 0.189. The highest BCUT2D eigenvalue weighted by Crippen LogP contribution is 2.45. The molecule has 0 saturated carbocycles. The van der Waals surface area contributed by atoms with Gasteiger partial charge in [0.15, 0.2) is 17.5 Å². The Balaban J connectivity index is 1.23. The van der Waals surface area contributed by atoms with Gasteiger partial charge in [-0.2, -0.15) is 0 Å². The summed E-state index contributed by atoms with van der Waals surface area (Å²) >= 11 is 5.33. The molecular formula is C40H22N4S3. The molecule has 7 heteroatoms. The summed E-state index contributed by atoms with van der Waals surface area (Å²) in [7, 11) is 0. The molecular weight excluding hydrogens is 633 g/mol. The highest BCUT2D eigenvalue weighted by Gasteiger charge is 2.20. The first-order valence-electron chi connectivity index (χ1n) is 15.3. The third-order valence-corrected chi connectivity index (χ3v) is 12.1. The minimum atomic E-state index is 0.662. The van der Waals surface area contributed by atoms with E-state index in [1.54, 1.807) is 34.0 Å². The molecule has 0 atom stereocenters. The third kappa shape index (κ3) is 4.32. The van der Waals surface area contributed by atoms with Crippen LogP contribution in [-0.4, -0.2) is 19.9 Å². The smallest absolute Gasteiger partial charge is 0.165 e. The molecule has 0 bridgehead atoms. The average Bonchev–Trinajstić information content (AvgIpc) is 3.85. The van der Waals surface area contributed by atoms with Crippen LogP contribution in [0.4, 0.5) is 0 Å². The Morgan fingerprint density at radius 2 is 0.957 bits per heavy atom. The molecule has 6 aromatic carbocycles. The van der Waals surface area contributed by atoms with Crippen molar-refractivity contribution in [1.29, 1.82) is 0 Å². The van der Waals surface area contributed by atoms with Crippen LogP contribution in [0.15, 0.2) is 133 Å². The van der Waals surface area contributed by atoms with Crippen LogP contribution in [0, 0.1) is 0 Å². The lowest BCUT2D eigenvalue weighted by atomic mass is 10.0. The normalized spacial score (nSPS) is 11.8. The van der Waals surface area contributed by atoms with Crippen LogP contribution in [0.5, 0.6) is 0 Å². The number of thiophene rings is 2.